The van der Waals surface area contributed by atoms with Crippen molar-refractivity contribution in [3.63, 3.8) is 0 Å². The van der Waals surface area contributed by atoms with Gasteiger partial charge in [-0.05, 0) is 0 Å². The lowest BCUT2D eigenvalue weighted by Gasteiger charge is -2.34. The topological polar surface area (TPSA) is 27.0 Å². The maximum atomic E-state index is 8.39. The molecule has 1 saturated heterocycles. The fourth-order valence-electron chi connectivity index (χ4n) is 0.954. The molecule has 1 heterocycles. The maximum absolute atomic E-state index is 8.39. The average Bonchev–Trinajstić information content (AvgIpc) is 1.77. The lowest BCUT2D eigenvalue weighted by Crippen LogP contribution is -2.46. The van der Waals surface area contributed by atoms with Crippen molar-refractivity contribution in [2.24, 2.45) is 5.92 Å². The van der Waals surface area contributed by atoms with Crippen molar-refractivity contribution in [2.75, 3.05) is 24.1 Å². The van der Waals surface area contributed by atoms with Gasteiger partial charge in [0.15, 0.2) is 0 Å². The van der Waals surface area contributed by atoms with E-state index in [0.29, 0.717) is 5.92 Å². The molecule has 0 aromatic rings. The Morgan fingerprint density at radius 2 is 2.33 bits per heavy atom. The van der Waals surface area contributed by atoms with Crippen LogP contribution < -0.4 is 0 Å². The van der Waals surface area contributed by atoms with Gasteiger partial charge < -0.3 is 0 Å². The number of hydrogen-bond donors (Lipinski definition) is 0. The van der Waals surface area contributed by atoms with Crippen LogP contribution >= 0.6 is 22.6 Å². The van der Waals surface area contributed by atoms with Crippen molar-refractivity contribution in [2.45, 2.75) is 0 Å². The average molecular weight is 236 g/mol. The Balaban J connectivity index is 2.06. The van der Waals surface area contributed by atoms with E-state index < -0.39 is 0 Å². The second kappa shape index (κ2) is 3.37. The van der Waals surface area contributed by atoms with Crippen molar-refractivity contribution in [3.8, 4) is 6.07 Å². The largest absolute Gasteiger partial charge is 0.300 e. The Bertz CT molecular complexity index is 124. The third kappa shape index (κ3) is 1.80. The Morgan fingerprint density at radius 1 is 1.67 bits per heavy atom. The molecule has 0 N–H and O–H groups in total. The van der Waals surface area contributed by atoms with Gasteiger partial charge in [-0.2, -0.15) is 5.26 Å². The van der Waals surface area contributed by atoms with Crippen LogP contribution in [0.4, 0.5) is 0 Å². The van der Waals surface area contributed by atoms with Gasteiger partial charge in [0.25, 0.3) is 0 Å². The molecular formula is C6H9IN2. The van der Waals surface area contributed by atoms with Gasteiger partial charge in [0.2, 0.25) is 0 Å². The van der Waals surface area contributed by atoms with Crippen LogP contribution in [0.3, 0.4) is 0 Å². The number of nitrogens with zero attached hydrogens (tertiary/aromatic N) is 2. The first-order valence-corrected chi connectivity index (χ1v) is 4.57. The molecule has 1 rings (SSSR count). The highest BCUT2D eigenvalue weighted by molar-refractivity contribution is 14.1. The zero-order valence-corrected chi connectivity index (χ0v) is 7.34. The second-order valence-corrected chi connectivity index (χ2v) is 3.35. The van der Waals surface area contributed by atoms with E-state index in [1.54, 1.807) is 0 Å². The summed E-state index contributed by atoms with van der Waals surface area (Å²) in [6.45, 7) is 3.15. The number of alkyl halides is 1. The van der Waals surface area contributed by atoms with Gasteiger partial charge in [-0.1, -0.05) is 22.6 Å². The van der Waals surface area contributed by atoms with Crippen molar-refractivity contribution >= 4 is 22.6 Å². The molecule has 2 nitrogen and oxygen atoms in total. The molecule has 0 atom stereocenters. The van der Waals surface area contributed by atoms with E-state index in [0.717, 1.165) is 19.6 Å². The summed E-state index contributed by atoms with van der Waals surface area (Å²) in [6.07, 6.45) is 0. The van der Waals surface area contributed by atoms with Gasteiger partial charge in [-0.3, -0.25) is 4.90 Å². The lowest BCUT2D eigenvalue weighted by atomic mass is 10.0. The predicted octanol–water partition coefficient (Wildman–Crippen LogP) is 0.877. The van der Waals surface area contributed by atoms with E-state index in [9.17, 15) is 0 Å². The van der Waals surface area contributed by atoms with Crippen molar-refractivity contribution in [3.05, 3.63) is 0 Å². The summed E-state index contributed by atoms with van der Waals surface area (Å²) in [7, 11) is 0. The van der Waals surface area contributed by atoms with E-state index in [-0.39, 0.29) is 0 Å². The van der Waals surface area contributed by atoms with Crippen LogP contribution in [0.25, 0.3) is 0 Å². The fraction of sp³-hybridized carbons (Fsp3) is 0.833. The van der Waals surface area contributed by atoms with Gasteiger partial charge in [0.1, 0.15) is 0 Å². The third-order valence-corrected chi connectivity index (χ3v) is 2.02. The zero-order chi connectivity index (χ0) is 6.69. The minimum absolute atomic E-state index is 0.327. The van der Waals surface area contributed by atoms with E-state index in [2.05, 4.69) is 33.6 Å². The molecule has 0 aromatic heterocycles. The summed E-state index contributed by atoms with van der Waals surface area (Å²) in [5.41, 5.74) is 0. The highest BCUT2D eigenvalue weighted by atomic mass is 127. The van der Waals surface area contributed by atoms with Crippen molar-refractivity contribution in [1.82, 2.24) is 4.90 Å². The third-order valence-electron chi connectivity index (χ3n) is 1.54. The number of likely N-dealkylation sites (tertiary alicyclic amines) is 1. The standard InChI is InChI=1S/C6H9IN2/c7-1-2-9-4-6(3-8)5-9/h6H,1-2,4-5H2. The molecule has 50 valence electrons. The molecule has 0 radical (unpaired) electrons. The van der Waals surface area contributed by atoms with Gasteiger partial charge in [0.05, 0.1) is 12.0 Å². The Labute approximate surface area is 69.0 Å². The first kappa shape index (κ1) is 7.29. The number of rotatable bonds is 2. The first-order chi connectivity index (χ1) is 4.36. The van der Waals surface area contributed by atoms with Crippen LogP contribution in [0.15, 0.2) is 0 Å². The number of nitriles is 1. The summed E-state index contributed by atoms with van der Waals surface area (Å²) in [4.78, 5) is 2.31. The number of hydrogen-bond acceptors (Lipinski definition) is 2. The predicted molar refractivity (Wildman–Crippen MR) is 44.4 cm³/mol. The summed E-state index contributed by atoms with van der Waals surface area (Å²) in [5, 5.41) is 8.39. The normalized spacial score (nSPS) is 20.9. The van der Waals surface area contributed by atoms with E-state index >= 15 is 0 Å². The molecule has 0 bridgehead atoms. The van der Waals surface area contributed by atoms with Crippen LogP contribution in [0.2, 0.25) is 0 Å². The van der Waals surface area contributed by atoms with Crippen LogP contribution in [-0.2, 0) is 0 Å². The molecule has 0 aromatic carbocycles. The van der Waals surface area contributed by atoms with Crippen LogP contribution in [0, 0.1) is 17.2 Å². The molecule has 9 heavy (non-hydrogen) atoms. The highest BCUT2D eigenvalue weighted by Crippen LogP contribution is 2.13. The zero-order valence-electron chi connectivity index (χ0n) is 5.18. The molecule has 1 aliphatic rings. The van der Waals surface area contributed by atoms with E-state index in [1.165, 1.54) is 4.43 Å². The Morgan fingerprint density at radius 3 is 2.78 bits per heavy atom. The summed E-state index contributed by atoms with van der Waals surface area (Å²) in [6, 6.07) is 2.25. The van der Waals surface area contributed by atoms with Gasteiger partial charge in [0, 0.05) is 24.1 Å². The lowest BCUT2D eigenvalue weighted by molar-refractivity contribution is 0.146. The number of halogens is 1. The maximum Gasteiger partial charge on any atom is 0.0717 e. The smallest absolute Gasteiger partial charge is 0.0717 e. The van der Waals surface area contributed by atoms with Crippen LogP contribution in [0.1, 0.15) is 0 Å². The summed E-state index contributed by atoms with van der Waals surface area (Å²) in [5.74, 6) is 0.327. The molecule has 1 fully saturated rings. The second-order valence-electron chi connectivity index (χ2n) is 2.27. The SMILES string of the molecule is N#CC1CN(CCI)C1. The Hall–Kier alpha value is 0.180. The quantitative estimate of drug-likeness (QED) is 0.525. The van der Waals surface area contributed by atoms with E-state index in [1.807, 2.05) is 0 Å². The molecule has 0 amide bonds. The highest BCUT2D eigenvalue weighted by Gasteiger charge is 2.24. The summed E-state index contributed by atoms with van der Waals surface area (Å²) >= 11 is 2.35. The van der Waals surface area contributed by atoms with Crippen LogP contribution in [-0.4, -0.2) is 29.0 Å². The minimum atomic E-state index is 0.327. The molecule has 3 heteroatoms. The molecule has 0 spiro atoms. The molecule has 0 saturated carbocycles. The van der Waals surface area contributed by atoms with Gasteiger partial charge >= 0.3 is 0 Å². The fourth-order valence-corrected chi connectivity index (χ4v) is 1.64. The van der Waals surface area contributed by atoms with Gasteiger partial charge in [-0.25, -0.2) is 0 Å². The van der Waals surface area contributed by atoms with Gasteiger partial charge in [-0.15, -0.1) is 0 Å². The molecular weight excluding hydrogens is 227 g/mol. The van der Waals surface area contributed by atoms with E-state index in [4.69, 9.17) is 5.26 Å². The monoisotopic (exact) mass is 236 g/mol. The van der Waals surface area contributed by atoms with Crippen molar-refractivity contribution in [1.29, 1.82) is 5.26 Å². The molecule has 0 aliphatic carbocycles. The minimum Gasteiger partial charge on any atom is -0.300 e. The first-order valence-electron chi connectivity index (χ1n) is 3.04. The summed E-state index contributed by atoms with van der Waals surface area (Å²) < 4.78 is 1.18. The molecule has 0 unspecified atom stereocenters. The molecule has 1 aliphatic heterocycles. The Kier molecular flexibility index (Phi) is 2.73. The van der Waals surface area contributed by atoms with Crippen LogP contribution in [0.5, 0.6) is 0 Å². The van der Waals surface area contributed by atoms with Crippen molar-refractivity contribution < 1.29 is 0 Å².